The number of hydrogen-bond donors (Lipinski definition) is 1. The molecule has 0 radical (unpaired) electrons. The standard InChI is InChI=1S/C11H17N3O2S/c1-15-6-3-4-12-8-9-10(16-2)13-11-14(9)5-7-17-11/h5,7,12H,3-4,6,8H2,1-2H3. The fourth-order valence-corrected chi connectivity index (χ4v) is 2.41. The highest BCUT2D eigenvalue weighted by molar-refractivity contribution is 7.15. The van der Waals surface area contributed by atoms with Crippen LogP contribution in [0.4, 0.5) is 0 Å². The average Bonchev–Trinajstić information content (AvgIpc) is 2.90. The van der Waals surface area contributed by atoms with Gasteiger partial charge in [-0.1, -0.05) is 0 Å². The molecule has 6 heteroatoms. The molecule has 0 saturated heterocycles. The summed E-state index contributed by atoms with van der Waals surface area (Å²) in [7, 11) is 3.37. The summed E-state index contributed by atoms with van der Waals surface area (Å²) in [4.78, 5) is 5.37. The van der Waals surface area contributed by atoms with Gasteiger partial charge >= 0.3 is 0 Å². The van der Waals surface area contributed by atoms with Crippen LogP contribution in [0.2, 0.25) is 0 Å². The second-order valence-electron chi connectivity index (χ2n) is 3.65. The molecule has 1 N–H and O–H groups in total. The second kappa shape index (κ2) is 6.00. The molecule has 2 aromatic rings. The monoisotopic (exact) mass is 255 g/mol. The zero-order valence-electron chi connectivity index (χ0n) is 10.1. The number of ether oxygens (including phenoxy) is 2. The molecule has 5 nitrogen and oxygen atoms in total. The van der Waals surface area contributed by atoms with Crippen LogP contribution in [-0.4, -0.2) is 36.8 Å². The van der Waals surface area contributed by atoms with Gasteiger partial charge in [0.15, 0.2) is 4.96 Å². The quantitative estimate of drug-likeness (QED) is 0.762. The number of rotatable bonds is 7. The van der Waals surface area contributed by atoms with Crippen LogP contribution < -0.4 is 10.1 Å². The molecule has 0 spiro atoms. The van der Waals surface area contributed by atoms with Crippen LogP contribution in [0.15, 0.2) is 11.6 Å². The van der Waals surface area contributed by atoms with E-state index in [1.54, 1.807) is 25.6 Å². The van der Waals surface area contributed by atoms with Crippen molar-refractivity contribution in [2.75, 3.05) is 27.4 Å². The van der Waals surface area contributed by atoms with E-state index < -0.39 is 0 Å². The first-order valence-corrected chi connectivity index (χ1v) is 6.43. The predicted octanol–water partition coefficient (Wildman–Crippen LogP) is 1.53. The number of thiazole rings is 1. The molecule has 0 aromatic carbocycles. The molecule has 0 aliphatic carbocycles. The van der Waals surface area contributed by atoms with Gasteiger partial charge in [-0.15, -0.1) is 11.3 Å². The lowest BCUT2D eigenvalue weighted by Gasteiger charge is -2.05. The number of nitrogens with one attached hydrogen (secondary N) is 1. The van der Waals surface area contributed by atoms with Gasteiger partial charge in [0.05, 0.1) is 7.11 Å². The lowest BCUT2D eigenvalue weighted by Crippen LogP contribution is -2.17. The zero-order chi connectivity index (χ0) is 12.1. The van der Waals surface area contributed by atoms with Gasteiger partial charge in [0.1, 0.15) is 5.69 Å². The number of fused-ring (bicyclic) bond motifs is 1. The van der Waals surface area contributed by atoms with Crippen LogP contribution in [-0.2, 0) is 11.3 Å². The van der Waals surface area contributed by atoms with Gasteiger partial charge < -0.3 is 14.8 Å². The van der Waals surface area contributed by atoms with Crippen LogP contribution in [0.3, 0.4) is 0 Å². The maximum atomic E-state index is 5.28. The van der Waals surface area contributed by atoms with Crippen molar-refractivity contribution in [2.45, 2.75) is 13.0 Å². The minimum Gasteiger partial charge on any atom is -0.480 e. The van der Waals surface area contributed by atoms with Crippen LogP contribution in [0.25, 0.3) is 4.96 Å². The van der Waals surface area contributed by atoms with E-state index in [1.807, 2.05) is 11.6 Å². The van der Waals surface area contributed by atoms with Crippen molar-refractivity contribution in [1.29, 1.82) is 0 Å². The number of imidazole rings is 1. The number of methoxy groups -OCH3 is 2. The van der Waals surface area contributed by atoms with E-state index in [0.717, 1.165) is 36.8 Å². The van der Waals surface area contributed by atoms with E-state index in [-0.39, 0.29) is 0 Å². The van der Waals surface area contributed by atoms with Crippen molar-refractivity contribution >= 4 is 16.3 Å². The Morgan fingerprint density at radius 3 is 3.12 bits per heavy atom. The Balaban J connectivity index is 1.98. The van der Waals surface area contributed by atoms with E-state index >= 15 is 0 Å². The molecule has 0 saturated carbocycles. The van der Waals surface area contributed by atoms with Gasteiger partial charge in [-0.05, 0) is 13.0 Å². The molecule has 0 atom stereocenters. The Morgan fingerprint density at radius 2 is 2.35 bits per heavy atom. The van der Waals surface area contributed by atoms with Gasteiger partial charge in [-0.25, -0.2) is 0 Å². The van der Waals surface area contributed by atoms with Gasteiger partial charge in [0, 0.05) is 31.8 Å². The minimum absolute atomic E-state index is 0.705. The highest BCUT2D eigenvalue weighted by Crippen LogP contribution is 2.22. The Bertz CT molecular complexity index is 466. The Morgan fingerprint density at radius 1 is 1.47 bits per heavy atom. The number of aromatic nitrogens is 2. The third-order valence-corrected chi connectivity index (χ3v) is 3.27. The fourth-order valence-electron chi connectivity index (χ4n) is 1.69. The Hall–Kier alpha value is -1.11. The van der Waals surface area contributed by atoms with Crippen molar-refractivity contribution in [1.82, 2.24) is 14.7 Å². The molecular formula is C11H17N3O2S. The SMILES string of the molecule is COCCCNCc1c(OC)nc2sccn12. The van der Waals surface area contributed by atoms with E-state index in [2.05, 4.69) is 14.7 Å². The van der Waals surface area contributed by atoms with Gasteiger partial charge in [0.2, 0.25) is 5.88 Å². The molecule has 0 unspecified atom stereocenters. The predicted molar refractivity (Wildman–Crippen MR) is 67.8 cm³/mol. The third-order valence-electron chi connectivity index (χ3n) is 2.51. The molecule has 0 aliphatic rings. The largest absolute Gasteiger partial charge is 0.480 e. The summed E-state index contributed by atoms with van der Waals surface area (Å²) >= 11 is 1.61. The summed E-state index contributed by atoms with van der Waals surface area (Å²) in [5.74, 6) is 0.705. The zero-order valence-corrected chi connectivity index (χ0v) is 10.9. The summed E-state index contributed by atoms with van der Waals surface area (Å²) < 4.78 is 12.3. The summed E-state index contributed by atoms with van der Waals surface area (Å²) in [5.41, 5.74) is 1.07. The van der Waals surface area contributed by atoms with E-state index in [1.165, 1.54) is 0 Å². The number of nitrogens with zero attached hydrogens (tertiary/aromatic N) is 2. The summed E-state index contributed by atoms with van der Waals surface area (Å²) in [6.07, 6.45) is 3.02. The van der Waals surface area contributed by atoms with Gasteiger partial charge in [-0.2, -0.15) is 4.98 Å². The summed E-state index contributed by atoms with van der Waals surface area (Å²) in [5, 5.41) is 5.39. The van der Waals surface area contributed by atoms with E-state index in [9.17, 15) is 0 Å². The fraction of sp³-hybridized carbons (Fsp3) is 0.545. The maximum absolute atomic E-state index is 5.28. The summed E-state index contributed by atoms with van der Waals surface area (Å²) in [6.45, 7) is 2.46. The third kappa shape index (κ3) is 2.77. The first kappa shape index (κ1) is 12.3. The Kier molecular flexibility index (Phi) is 4.36. The molecule has 17 heavy (non-hydrogen) atoms. The van der Waals surface area contributed by atoms with Gasteiger partial charge in [-0.3, -0.25) is 4.40 Å². The lowest BCUT2D eigenvalue weighted by molar-refractivity contribution is 0.194. The van der Waals surface area contributed by atoms with Crippen LogP contribution in [0.5, 0.6) is 5.88 Å². The molecule has 0 fully saturated rings. The van der Waals surface area contributed by atoms with Crippen LogP contribution in [0, 0.1) is 0 Å². The van der Waals surface area contributed by atoms with Crippen LogP contribution in [0.1, 0.15) is 12.1 Å². The molecule has 0 bridgehead atoms. The second-order valence-corrected chi connectivity index (χ2v) is 4.52. The first-order chi connectivity index (χ1) is 8.36. The highest BCUT2D eigenvalue weighted by atomic mass is 32.1. The minimum atomic E-state index is 0.705. The van der Waals surface area contributed by atoms with Crippen molar-refractivity contribution < 1.29 is 9.47 Å². The van der Waals surface area contributed by atoms with E-state index in [0.29, 0.717) is 5.88 Å². The average molecular weight is 255 g/mol. The molecular weight excluding hydrogens is 238 g/mol. The summed E-state index contributed by atoms with van der Waals surface area (Å²) in [6, 6.07) is 0. The van der Waals surface area contributed by atoms with Crippen molar-refractivity contribution in [2.24, 2.45) is 0 Å². The number of hydrogen-bond acceptors (Lipinski definition) is 5. The molecule has 0 aliphatic heterocycles. The van der Waals surface area contributed by atoms with Crippen molar-refractivity contribution in [3.63, 3.8) is 0 Å². The van der Waals surface area contributed by atoms with Crippen LogP contribution >= 0.6 is 11.3 Å². The van der Waals surface area contributed by atoms with Gasteiger partial charge in [0.25, 0.3) is 0 Å². The van der Waals surface area contributed by atoms with E-state index in [4.69, 9.17) is 9.47 Å². The smallest absolute Gasteiger partial charge is 0.237 e. The maximum Gasteiger partial charge on any atom is 0.237 e. The normalized spacial score (nSPS) is 11.2. The van der Waals surface area contributed by atoms with Crippen molar-refractivity contribution in [3.05, 3.63) is 17.3 Å². The lowest BCUT2D eigenvalue weighted by atomic mass is 10.4. The molecule has 2 rings (SSSR count). The topological polar surface area (TPSA) is 47.8 Å². The molecule has 2 heterocycles. The molecule has 0 amide bonds. The van der Waals surface area contributed by atoms with Crippen molar-refractivity contribution in [3.8, 4) is 5.88 Å². The molecule has 2 aromatic heterocycles. The first-order valence-electron chi connectivity index (χ1n) is 5.55. The highest BCUT2D eigenvalue weighted by Gasteiger charge is 2.12. The Labute approximate surface area is 104 Å². The molecule has 94 valence electrons.